The van der Waals surface area contributed by atoms with Crippen LogP contribution in [0.15, 0.2) is 42.5 Å². The zero-order valence-corrected chi connectivity index (χ0v) is 18.1. The van der Waals surface area contributed by atoms with E-state index in [4.69, 9.17) is 32.7 Å². The Kier molecular flexibility index (Phi) is 9.30. The SMILES string of the molecule is CCOC(=O)c1ccc(NC(=O)COC(=O)CCC(=O)Nc2ccc(Cl)c(Cl)c2)cc1. The van der Waals surface area contributed by atoms with Gasteiger partial charge in [-0.15, -0.1) is 0 Å². The van der Waals surface area contributed by atoms with Crippen molar-refractivity contribution in [1.29, 1.82) is 0 Å². The van der Waals surface area contributed by atoms with Crippen molar-refractivity contribution < 1.29 is 28.7 Å². The van der Waals surface area contributed by atoms with Gasteiger partial charge in [0.25, 0.3) is 5.91 Å². The fourth-order valence-electron chi connectivity index (χ4n) is 2.33. The van der Waals surface area contributed by atoms with Gasteiger partial charge in [0.05, 0.1) is 28.6 Å². The standard InChI is InChI=1S/C21H20Cl2N2O6/c1-2-30-21(29)13-3-5-14(6-4-13)24-19(27)12-31-20(28)10-9-18(26)25-15-7-8-16(22)17(23)11-15/h3-8,11H,2,9-10,12H2,1H3,(H,24,27)(H,25,26). The fraction of sp³-hybridized carbons (Fsp3) is 0.238. The van der Waals surface area contributed by atoms with Gasteiger partial charge >= 0.3 is 11.9 Å². The minimum Gasteiger partial charge on any atom is -0.462 e. The highest BCUT2D eigenvalue weighted by Gasteiger charge is 2.12. The number of rotatable bonds is 9. The zero-order chi connectivity index (χ0) is 22.8. The molecule has 0 aliphatic rings. The van der Waals surface area contributed by atoms with Crippen LogP contribution < -0.4 is 10.6 Å². The average Bonchev–Trinajstić information content (AvgIpc) is 2.74. The molecule has 2 N–H and O–H groups in total. The van der Waals surface area contributed by atoms with Crippen LogP contribution in [0, 0.1) is 0 Å². The molecule has 0 saturated carbocycles. The highest BCUT2D eigenvalue weighted by molar-refractivity contribution is 6.42. The third-order valence-electron chi connectivity index (χ3n) is 3.80. The van der Waals surface area contributed by atoms with E-state index >= 15 is 0 Å². The molecule has 2 amide bonds. The molecule has 0 bridgehead atoms. The molecule has 0 fully saturated rings. The number of carbonyl (C=O) groups is 4. The Morgan fingerprint density at radius 1 is 0.806 bits per heavy atom. The predicted molar refractivity (Wildman–Crippen MR) is 116 cm³/mol. The first-order chi connectivity index (χ1) is 14.8. The first-order valence-electron chi connectivity index (χ1n) is 9.26. The van der Waals surface area contributed by atoms with Gasteiger partial charge in [0, 0.05) is 17.8 Å². The molecular formula is C21H20Cl2N2O6. The largest absolute Gasteiger partial charge is 0.462 e. The highest BCUT2D eigenvalue weighted by Crippen LogP contribution is 2.25. The first kappa shape index (κ1) is 24.2. The predicted octanol–water partition coefficient (Wildman–Crippen LogP) is 4.07. The highest BCUT2D eigenvalue weighted by atomic mass is 35.5. The third-order valence-corrected chi connectivity index (χ3v) is 4.54. The maximum Gasteiger partial charge on any atom is 0.338 e. The lowest BCUT2D eigenvalue weighted by Crippen LogP contribution is -2.21. The lowest BCUT2D eigenvalue weighted by Gasteiger charge is -2.08. The van der Waals surface area contributed by atoms with E-state index in [2.05, 4.69) is 10.6 Å². The smallest absolute Gasteiger partial charge is 0.338 e. The number of benzene rings is 2. The van der Waals surface area contributed by atoms with E-state index in [-0.39, 0.29) is 19.4 Å². The van der Waals surface area contributed by atoms with Crippen molar-refractivity contribution in [3.05, 3.63) is 58.1 Å². The summed E-state index contributed by atoms with van der Waals surface area (Å²) in [6, 6.07) is 10.7. The number of ether oxygens (including phenoxy) is 2. The summed E-state index contributed by atoms with van der Waals surface area (Å²) in [5.74, 6) is -2.13. The topological polar surface area (TPSA) is 111 Å². The number of esters is 2. The summed E-state index contributed by atoms with van der Waals surface area (Å²) in [6.45, 7) is 1.46. The van der Waals surface area contributed by atoms with Gasteiger partial charge in [-0.3, -0.25) is 14.4 Å². The van der Waals surface area contributed by atoms with Crippen molar-refractivity contribution in [1.82, 2.24) is 0 Å². The van der Waals surface area contributed by atoms with Crippen LogP contribution >= 0.6 is 23.2 Å². The van der Waals surface area contributed by atoms with Gasteiger partial charge in [-0.25, -0.2) is 4.79 Å². The molecule has 0 heterocycles. The van der Waals surface area contributed by atoms with Gasteiger partial charge in [-0.1, -0.05) is 23.2 Å². The number of anilines is 2. The van der Waals surface area contributed by atoms with Crippen molar-refractivity contribution in [2.45, 2.75) is 19.8 Å². The van der Waals surface area contributed by atoms with Crippen molar-refractivity contribution in [3.63, 3.8) is 0 Å². The molecular weight excluding hydrogens is 447 g/mol. The summed E-state index contributed by atoms with van der Waals surface area (Å²) >= 11 is 11.7. The van der Waals surface area contributed by atoms with E-state index in [1.807, 2.05) is 0 Å². The summed E-state index contributed by atoms with van der Waals surface area (Å²) in [4.78, 5) is 47.1. The summed E-state index contributed by atoms with van der Waals surface area (Å²) < 4.78 is 9.74. The molecule has 0 saturated heterocycles. The van der Waals surface area contributed by atoms with Crippen LogP contribution in [0.4, 0.5) is 11.4 Å². The molecule has 0 unspecified atom stereocenters. The number of nitrogens with one attached hydrogen (secondary N) is 2. The van der Waals surface area contributed by atoms with Gasteiger partial charge in [0.1, 0.15) is 0 Å². The molecule has 8 nitrogen and oxygen atoms in total. The second kappa shape index (κ2) is 11.9. The summed E-state index contributed by atoms with van der Waals surface area (Å²) in [5, 5.41) is 5.76. The first-order valence-corrected chi connectivity index (χ1v) is 10.0. The molecule has 2 rings (SSSR count). The second-order valence-electron chi connectivity index (χ2n) is 6.18. The molecule has 10 heteroatoms. The zero-order valence-electron chi connectivity index (χ0n) is 16.6. The molecule has 0 spiro atoms. The Hall–Kier alpha value is -3.10. The summed E-state index contributed by atoms with van der Waals surface area (Å²) in [5.41, 5.74) is 1.22. The molecule has 164 valence electrons. The molecule has 2 aromatic carbocycles. The van der Waals surface area contributed by atoms with Gasteiger partial charge in [-0.05, 0) is 49.4 Å². The molecule has 2 aromatic rings. The minimum atomic E-state index is -0.697. The molecule has 0 aliphatic heterocycles. The lowest BCUT2D eigenvalue weighted by atomic mass is 10.2. The Bertz CT molecular complexity index is 963. The normalized spacial score (nSPS) is 10.2. The maximum atomic E-state index is 11.9. The van der Waals surface area contributed by atoms with Gasteiger partial charge in [0.2, 0.25) is 5.91 Å². The van der Waals surface area contributed by atoms with E-state index < -0.39 is 30.4 Å². The molecule has 0 aliphatic carbocycles. The summed E-state index contributed by atoms with van der Waals surface area (Å²) in [6.07, 6.45) is -0.329. The van der Waals surface area contributed by atoms with Crippen LogP contribution in [0.2, 0.25) is 10.0 Å². The number of amides is 2. The number of hydrogen-bond acceptors (Lipinski definition) is 6. The number of halogens is 2. The van der Waals surface area contributed by atoms with Crippen molar-refractivity contribution in [2.24, 2.45) is 0 Å². The van der Waals surface area contributed by atoms with E-state index in [1.165, 1.54) is 36.4 Å². The molecule has 0 aromatic heterocycles. The van der Waals surface area contributed by atoms with Crippen LogP contribution in [0.3, 0.4) is 0 Å². The van der Waals surface area contributed by atoms with Crippen LogP contribution in [-0.4, -0.2) is 37.0 Å². The van der Waals surface area contributed by atoms with E-state index in [1.54, 1.807) is 13.0 Å². The Morgan fingerprint density at radius 2 is 1.45 bits per heavy atom. The minimum absolute atomic E-state index is 0.129. The van der Waals surface area contributed by atoms with Crippen LogP contribution in [0.25, 0.3) is 0 Å². The number of hydrogen-bond donors (Lipinski definition) is 2. The van der Waals surface area contributed by atoms with Gasteiger partial charge in [-0.2, -0.15) is 0 Å². The molecule has 31 heavy (non-hydrogen) atoms. The van der Waals surface area contributed by atoms with Crippen LogP contribution in [-0.2, 0) is 23.9 Å². The Labute approximate surface area is 188 Å². The van der Waals surface area contributed by atoms with Gasteiger partial charge in [0.15, 0.2) is 6.61 Å². The number of carbonyl (C=O) groups excluding carboxylic acids is 4. The summed E-state index contributed by atoms with van der Waals surface area (Å²) in [7, 11) is 0. The third kappa shape index (κ3) is 8.27. The lowest BCUT2D eigenvalue weighted by molar-refractivity contribution is -0.147. The monoisotopic (exact) mass is 466 g/mol. The quantitative estimate of drug-likeness (QED) is 0.538. The van der Waals surface area contributed by atoms with Gasteiger partial charge < -0.3 is 20.1 Å². The Morgan fingerprint density at radius 3 is 2.10 bits per heavy atom. The molecule has 0 atom stereocenters. The second-order valence-corrected chi connectivity index (χ2v) is 7.00. The van der Waals surface area contributed by atoms with E-state index in [0.29, 0.717) is 27.0 Å². The van der Waals surface area contributed by atoms with Crippen molar-refractivity contribution in [3.8, 4) is 0 Å². The average molecular weight is 467 g/mol. The fourth-order valence-corrected chi connectivity index (χ4v) is 2.63. The van der Waals surface area contributed by atoms with Crippen LogP contribution in [0.1, 0.15) is 30.1 Å². The Balaban J connectivity index is 1.70. The van der Waals surface area contributed by atoms with E-state index in [0.717, 1.165) is 0 Å². The van der Waals surface area contributed by atoms with Crippen LogP contribution in [0.5, 0.6) is 0 Å². The van der Waals surface area contributed by atoms with E-state index in [9.17, 15) is 19.2 Å². The van der Waals surface area contributed by atoms with Crippen molar-refractivity contribution >= 4 is 58.3 Å². The maximum absolute atomic E-state index is 11.9. The van der Waals surface area contributed by atoms with Crippen molar-refractivity contribution in [2.75, 3.05) is 23.8 Å². The molecule has 0 radical (unpaired) electrons.